The van der Waals surface area contributed by atoms with Gasteiger partial charge in [0.2, 0.25) is 0 Å². The molecule has 0 amide bonds. The van der Waals surface area contributed by atoms with Crippen LogP contribution in [0.2, 0.25) is 0 Å². The Morgan fingerprint density at radius 3 is 1.67 bits per heavy atom. The van der Waals surface area contributed by atoms with E-state index in [0.29, 0.717) is 0 Å². The van der Waals surface area contributed by atoms with E-state index in [1.165, 1.54) is 12.1 Å². The molecule has 0 fully saturated rings. The number of rotatable bonds is 1. The van der Waals surface area contributed by atoms with Crippen LogP contribution < -0.4 is 5.30 Å². The van der Waals surface area contributed by atoms with Crippen LogP contribution in [0.5, 0.6) is 0 Å². The van der Waals surface area contributed by atoms with Gasteiger partial charge in [-0.2, -0.15) is 30.3 Å². The molecule has 0 aromatic heterocycles. The van der Waals surface area contributed by atoms with Crippen LogP contribution in [0.3, 0.4) is 0 Å². The van der Waals surface area contributed by atoms with Crippen LogP contribution in [0.15, 0.2) is 54.6 Å². The third-order valence-corrected chi connectivity index (χ3v) is 2.51. The van der Waals surface area contributed by atoms with E-state index >= 15 is 0 Å². The van der Waals surface area contributed by atoms with E-state index in [-0.39, 0.29) is 22.4 Å². The molecule has 5 heteroatoms. The summed E-state index contributed by atoms with van der Waals surface area (Å²) in [6.45, 7) is 0. The van der Waals surface area contributed by atoms with E-state index in [9.17, 15) is 4.57 Å². The van der Waals surface area contributed by atoms with Crippen molar-refractivity contribution >= 4 is 12.9 Å². The van der Waals surface area contributed by atoms with Gasteiger partial charge in [-0.25, -0.2) is 24.3 Å². The molecule has 0 saturated heterocycles. The molecule has 0 atom stereocenters. The van der Waals surface area contributed by atoms with E-state index in [4.69, 9.17) is 9.79 Å². The van der Waals surface area contributed by atoms with Crippen molar-refractivity contribution in [2.45, 2.75) is 0 Å². The maximum atomic E-state index is 10.4. The minimum Gasteiger partial charge on any atom is -0.330 e. The Bertz CT molecular complexity index is 358. The summed E-state index contributed by atoms with van der Waals surface area (Å²) in [4.78, 5) is 17.0. The molecule has 0 heterocycles. The van der Waals surface area contributed by atoms with Gasteiger partial charge in [0.1, 0.15) is 0 Å². The monoisotopic (exact) mass is 266 g/mol. The summed E-state index contributed by atoms with van der Waals surface area (Å²) in [6, 6.07) is 16.0. The van der Waals surface area contributed by atoms with Crippen molar-refractivity contribution in [1.82, 2.24) is 0 Å². The van der Waals surface area contributed by atoms with Gasteiger partial charge in [-0.05, 0) is 5.30 Å². The predicted octanol–water partition coefficient (Wildman–Crippen LogP) is 1.61. The minimum absolute atomic E-state index is 0. The Morgan fingerprint density at radius 2 is 1.47 bits per heavy atom. The molecular weight excluding hydrogens is 255 g/mol. The SMILES string of the molecule is O=P(O)(O)[c-]1cccc1.[Fe+2].c1cc[cH-]c1. The topological polar surface area (TPSA) is 57.5 Å². The van der Waals surface area contributed by atoms with Gasteiger partial charge in [0.05, 0.1) is 0 Å². The molecule has 0 aliphatic carbocycles. The first-order valence-electron chi connectivity index (χ1n) is 4.05. The van der Waals surface area contributed by atoms with E-state index in [1.54, 1.807) is 12.1 Å². The minimum atomic E-state index is -3.97. The number of hydrogen-bond donors (Lipinski definition) is 2. The van der Waals surface area contributed by atoms with Crippen molar-refractivity contribution in [2.75, 3.05) is 0 Å². The Kier molecular flexibility index (Phi) is 6.50. The fourth-order valence-corrected chi connectivity index (χ4v) is 1.44. The Morgan fingerprint density at radius 1 is 1.00 bits per heavy atom. The molecule has 0 spiro atoms. The zero-order valence-corrected chi connectivity index (χ0v) is 9.80. The summed E-state index contributed by atoms with van der Waals surface area (Å²) < 4.78 is 10.4. The second-order valence-electron chi connectivity index (χ2n) is 2.65. The molecule has 0 aliphatic rings. The van der Waals surface area contributed by atoms with E-state index < -0.39 is 7.60 Å². The van der Waals surface area contributed by atoms with E-state index in [2.05, 4.69) is 0 Å². The molecule has 3 nitrogen and oxygen atoms in total. The fraction of sp³-hybridized carbons (Fsp3) is 0. The quantitative estimate of drug-likeness (QED) is 0.468. The maximum absolute atomic E-state index is 10.4. The summed E-state index contributed by atoms with van der Waals surface area (Å²) in [5.41, 5.74) is 0. The number of hydrogen-bond acceptors (Lipinski definition) is 1. The first-order valence-corrected chi connectivity index (χ1v) is 5.66. The van der Waals surface area contributed by atoms with Crippen molar-refractivity contribution < 1.29 is 31.4 Å². The first kappa shape index (κ1) is 14.4. The van der Waals surface area contributed by atoms with Gasteiger partial charge < -0.3 is 9.79 Å². The third-order valence-electron chi connectivity index (χ3n) is 1.54. The summed E-state index contributed by atoms with van der Waals surface area (Å²) in [7, 11) is -3.97. The fourth-order valence-electron chi connectivity index (χ4n) is 0.879. The second kappa shape index (κ2) is 6.78. The molecule has 82 valence electrons. The van der Waals surface area contributed by atoms with Crippen LogP contribution >= 0.6 is 7.60 Å². The zero-order valence-electron chi connectivity index (χ0n) is 7.80. The Hall–Kier alpha value is -0.631. The van der Waals surface area contributed by atoms with Crippen molar-refractivity contribution in [3.8, 4) is 0 Å². The van der Waals surface area contributed by atoms with Crippen LogP contribution in [0.1, 0.15) is 0 Å². The molecule has 2 aromatic rings. The largest absolute Gasteiger partial charge is 2.00 e. The van der Waals surface area contributed by atoms with Crippen molar-refractivity contribution in [2.24, 2.45) is 0 Å². The van der Waals surface area contributed by atoms with Gasteiger partial charge in [0, 0.05) is 0 Å². The van der Waals surface area contributed by atoms with Crippen LogP contribution in [0.25, 0.3) is 0 Å². The normalized spacial score (nSPS) is 9.73. The van der Waals surface area contributed by atoms with Crippen LogP contribution in [-0.4, -0.2) is 9.79 Å². The summed E-state index contributed by atoms with van der Waals surface area (Å²) in [5, 5.41) is 0.0856. The summed E-state index contributed by atoms with van der Waals surface area (Å²) in [6.07, 6.45) is 0. The molecule has 2 rings (SSSR count). The van der Waals surface area contributed by atoms with E-state index in [1.807, 2.05) is 30.3 Å². The maximum Gasteiger partial charge on any atom is 2.00 e. The van der Waals surface area contributed by atoms with Crippen LogP contribution in [0, 0.1) is 0 Å². The molecule has 0 saturated carbocycles. The zero-order chi connectivity index (χ0) is 10.4. The predicted molar refractivity (Wildman–Crippen MR) is 55.7 cm³/mol. The van der Waals surface area contributed by atoms with Crippen LogP contribution in [0.4, 0.5) is 0 Å². The Balaban J connectivity index is 0.000000280. The van der Waals surface area contributed by atoms with Gasteiger partial charge in [0.15, 0.2) is 0 Å². The van der Waals surface area contributed by atoms with Crippen molar-refractivity contribution in [3.05, 3.63) is 54.6 Å². The molecular formula is C10H11FeO3P. The summed E-state index contributed by atoms with van der Waals surface area (Å²) >= 11 is 0. The molecule has 0 radical (unpaired) electrons. The molecule has 15 heavy (non-hydrogen) atoms. The molecule has 2 aromatic carbocycles. The van der Waals surface area contributed by atoms with E-state index in [0.717, 1.165) is 0 Å². The van der Waals surface area contributed by atoms with Crippen LogP contribution in [-0.2, 0) is 21.6 Å². The van der Waals surface area contributed by atoms with Gasteiger partial charge >= 0.3 is 24.7 Å². The Labute approximate surface area is 99.1 Å². The molecule has 0 aliphatic heterocycles. The van der Waals surface area contributed by atoms with Gasteiger partial charge in [0.25, 0.3) is 0 Å². The summed E-state index contributed by atoms with van der Waals surface area (Å²) in [5.74, 6) is 0. The average molecular weight is 266 g/mol. The smallest absolute Gasteiger partial charge is 0.330 e. The van der Waals surface area contributed by atoms with Gasteiger partial charge in [-0.3, -0.25) is 4.57 Å². The molecule has 2 N–H and O–H groups in total. The average Bonchev–Trinajstić information content (AvgIpc) is 2.80. The van der Waals surface area contributed by atoms with Gasteiger partial charge in [-0.1, -0.05) is 0 Å². The first-order chi connectivity index (χ1) is 6.61. The van der Waals surface area contributed by atoms with Crippen molar-refractivity contribution in [3.63, 3.8) is 0 Å². The standard InChI is InChI=1S/C5H6O3P.C5H5.Fe/c6-9(7,8)5-3-1-2-4-5;1-2-4-5-3-1;/h1-4H,(H2,6,7,8);1-5H;/q2*-1;+2. The van der Waals surface area contributed by atoms with Crippen molar-refractivity contribution in [1.29, 1.82) is 0 Å². The van der Waals surface area contributed by atoms with Gasteiger partial charge in [-0.15, -0.1) is 0 Å². The molecule has 0 bridgehead atoms. The third kappa shape index (κ3) is 5.73. The second-order valence-corrected chi connectivity index (χ2v) is 4.25. The molecule has 0 unspecified atom stereocenters.